The van der Waals surface area contributed by atoms with Gasteiger partial charge in [-0.25, -0.2) is 9.18 Å². The Bertz CT molecular complexity index is 443. The summed E-state index contributed by atoms with van der Waals surface area (Å²) < 4.78 is 14.3. The number of benzene rings is 1. The lowest BCUT2D eigenvalue weighted by Crippen LogP contribution is -2.34. The van der Waals surface area contributed by atoms with E-state index in [0.29, 0.717) is 17.3 Å². The molecule has 0 saturated heterocycles. The monoisotopic (exact) mass is 288 g/mol. The van der Waals surface area contributed by atoms with Gasteiger partial charge in [-0.2, -0.15) is 0 Å². The fraction of sp³-hybridized carbons (Fsp3) is 0.364. The Hall–Kier alpha value is -0.940. The molecule has 1 aliphatic rings. The fourth-order valence-electron chi connectivity index (χ4n) is 1.94. The summed E-state index contributed by atoms with van der Waals surface area (Å²) in [7, 11) is 0. The number of hydrogen-bond acceptors (Lipinski definition) is 2. The highest BCUT2D eigenvalue weighted by Gasteiger charge is 2.54. The molecule has 0 aromatic heterocycles. The summed E-state index contributed by atoms with van der Waals surface area (Å²) in [6.07, 6.45) is -0.557. The molecule has 86 valence electrons. The van der Waals surface area contributed by atoms with Gasteiger partial charge >= 0.3 is 5.97 Å². The lowest BCUT2D eigenvalue weighted by atomic mass is 9.89. The minimum atomic E-state index is -1.55. The van der Waals surface area contributed by atoms with Crippen molar-refractivity contribution in [2.45, 2.75) is 24.4 Å². The van der Waals surface area contributed by atoms with Gasteiger partial charge in [0.05, 0.1) is 0 Å². The SMILES string of the molecule is O=C(O)C(O)C1(c2cc(Br)ccc2F)CC1. The first kappa shape index (κ1) is 11.5. The van der Waals surface area contributed by atoms with Crippen molar-refractivity contribution in [2.24, 2.45) is 0 Å². The zero-order valence-corrected chi connectivity index (χ0v) is 9.87. The smallest absolute Gasteiger partial charge is 0.333 e. The zero-order valence-electron chi connectivity index (χ0n) is 8.28. The number of aliphatic hydroxyl groups is 1. The molecule has 5 heteroatoms. The summed E-state index contributed by atoms with van der Waals surface area (Å²) in [5, 5.41) is 18.4. The van der Waals surface area contributed by atoms with Gasteiger partial charge in [0.15, 0.2) is 6.10 Å². The Morgan fingerprint density at radius 1 is 1.50 bits per heavy atom. The predicted octanol–water partition coefficient (Wildman–Crippen LogP) is 2.07. The van der Waals surface area contributed by atoms with Crippen molar-refractivity contribution in [1.82, 2.24) is 0 Å². The molecule has 2 rings (SSSR count). The van der Waals surface area contributed by atoms with E-state index in [0.717, 1.165) is 0 Å². The summed E-state index contributed by atoms with van der Waals surface area (Å²) in [4.78, 5) is 10.8. The van der Waals surface area contributed by atoms with Gasteiger partial charge in [0.25, 0.3) is 0 Å². The summed E-state index contributed by atoms with van der Waals surface area (Å²) >= 11 is 3.21. The van der Waals surface area contributed by atoms with Gasteiger partial charge in [-0.1, -0.05) is 15.9 Å². The van der Waals surface area contributed by atoms with E-state index in [1.165, 1.54) is 12.1 Å². The van der Waals surface area contributed by atoms with Crippen LogP contribution >= 0.6 is 15.9 Å². The third-order valence-electron chi connectivity index (χ3n) is 3.01. The second kappa shape index (κ2) is 3.82. The molecule has 0 aliphatic heterocycles. The number of carbonyl (C=O) groups is 1. The van der Waals surface area contributed by atoms with Gasteiger partial charge in [0, 0.05) is 9.89 Å². The van der Waals surface area contributed by atoms with E-state index in [4.69, 9.17) is 5.11 Å². The molecule has 1 saturated carbocycles. The minimum absolute atomic E-state index is 0.275. The number of hydrogen-bond donors (Lipinski definition) is 2. The van der Waals surface area contributed by atoms with Crippen molar-refractivity contribution in [3.8, 4) is 0 Å². The number of rotatable bonds is 3. The van der Waals surface area contributed by atoms with Crippen molar-refractivity contribution in [3.05, 3.63) is 34.1 Å². The van der Waals surface area contributed by atoms with Gasteiger partial charge in [-0.3, -0.25) is 0 Å². The summed E-state index contributed by atoms with van der Waals surface area (Å²) in [5.74, 6) is -1.78. The first-order valence-electron chi connectivity index (χ1n) is 4.84. The van der Waals surface area contributed by atoms with E-state index in [-0.39, 0.29) is 5.56 Å². The van der Waals surface area contributed by atoms with Crippen molar-refractivity contribution in [1.29, 1.82) is 0 Å². The van der Waals surface area contributed by atoms with E-state index in [9.17, 15) is 14.3 Å². The van der Waals surface area contributed by atoms with E-state index >= 15 is 0 Å². The molecule has 0 spiro atoms. The molecule has 0 bridgehead atoms. The molecule has 1 unspecified atom stereocenters. The third-order valence-corrected chi connectivity index (χ3v) is 3.50. The van der Waals surface area contributed by atoms with Gasteiger partial charge in [0.2, 0.25) is 0 Å². The average molecular weight is 289 g/mol. The molecule has 0 heterocycles. The van der Waals surface area contributed by atoms with Crippen LogP contribution in [0.1, 0.15) is 18.4 Å². The Labute approximate surface area is 100 Å². The van der Waals surface area contributed by atoms with Crippen molar-refractivity contribution in [3.63, 3.8) is 0 Å². The maximum absolute atomic E-state index is 13.6. The highest BCUT2D eigenvalue weighted by atomic mass is 79.9. The largest absolute Gasteiger partial charge is 0.479 e. The number of aliphatic carboxylic acids is 1. The first-order chi connectivity index (χ1) is 7.47. The van der Waals surface area contributed by atoms with Crippen molar-refractivity contribution in [2.75, 3.05) is 0 Å². The minimum Gasteiger partial charge on any atom is -0.479 e. The fourth-order valence-corrected chi connectivity index (χ4v) is 2.30. The molecule has 1 fully saturated rings. The number of aliphatic hydroxyl groups excluding tert-OH is 1. The zero-order chi connectivity index (χ0) is 11.9. The van der Waals surface area contributed by atoms with E-state index in [1.807, 2.05) is 0 Å². The van der Waals surface area contributed by atoms with Crippen LogP contribution in [0.15, 0.2) is 22.7 Å². The van der Waals surface area contributed by atoms with Crippen LogP contribution < -0.4 is 0 Å². The van der Waals surface area contributed by atoms with E-state index in [1.54, 1.807) is 6.07 Å². The highest BCUT2D eigenvalue weighted by molar-refractivity contribution is 9.10. The second-order valence-corrected chi connectivity index (χ2v) is 4.94. The standard InChI is InChI=1S/C11H10BrFO3/c12-6-1-2-8(13)7(5-6)11(3-4-11)9(14)10(15)16/h1-2,5,9,14H,3-4H2,(H,15,16). The van der Waals surface area contributed by atoms with E-state index < -0.39 is 23.3 Å². The van der Waals surface area contributed by atoms with Gasteiger partial charge in [-0.05, 0) is 36.6 Å². The summed E-state index contributed by atoms with van der Waals surface area (Å²) in [6.45, 7) is 0. The van der Waals surface area contributed by atoms with Crippen LogP contribution in [0.2, 0.25) is 0 Å². The maximum Gasteiger partial charge on any atom is 0.333 e. The number of halogens is 2. The van der Waals surface area contributed by atoms with Crippen LogP contribution in [0.4, 0.5) is 4.39 Å². The highest BCUT2D eigenvalue weighted by Crippen LogP contribution is 2.52. The van der Waals surface area contributed by atoms with Gasteiger partial charge in [-0.15, -0.1) is 0 Å². The van der Waals surface area contributed by atoms with Crippen LogP contribution in [-0.4, -0.2) is 22.3 Å². The quantitative estimate of drug-likeness (QED) is 0.895. The Morgan fingerprint density at radius 2 is 2.12 bits per heavy atom. The molecule has 16 heavy (non-hydrogen) atoms. The lowest BCUT2D eigenvalue weighted by Gasteiger charge is -2.20. The van der Waals surface area contributed by atoms with Crippen molar-refractivity contribution >= 4 is 21.9 Å². The second-order valence-electron chi connectivity index (χ2n) is 4.02. The van der Waals surface area contributed by atoms with Gasteiger partial charge in [0.1, 0.15) is 5.82 Å². The summed E-state index contributed by atoms with van der Waals surface area (Å²) in [5.41, 5.74) is -0.670. The topological polar surface area (TPSA) is 57.5 Å². The predicted molar refractivity (Wildman–Crippen MR) is 58.7 cm³/mol. The van der Waals surface area contributed by atoms with Crippen LogP contribution in [0.5, 0.6) is 0 Å². The van der Waals surface area contributed by atoms with Crippen LogP contribution in [0, 0.1) is 5.82 Å². The molecule has 2 N–H and O–H groups in total. The van der Waals surface area contributed by atoms with Gasteiger partial charge < -0.3 is 10.2 Å². The van der Waals surface area contributed by atoms with Crippen molar-refractivity contribution < 1.29 is 19.4 Å². The molecule has 0 radical (unpaired) electrons. The molecule has 1 aliphatic carbocycles. The van der Waals surface area contributed by atoms with Crippen LogP contribution in [0.3, 0.4) is 0 Å². The molecule has 0 amide bonds. The molecule has 3 nitrogen and oxygen atoms in total. The average Bonchev–Trinajstić information content (AvgIpc) is 3.01. The maximum atomic E-state index is 13.6. The first-order valence-corrected chi connectivity index (χ1v) is 5.63. The molecule has 1 aromatic rings. The molecular weight excluding hydrogens is 279 g/mol. The number of carboxylic acid groups (broad SMARTS) is 1. The van der Waals surface area contributed by atoms with E-state index in [2.05, 4.69) is 15.9 Å². The Morgan fingerprint density at radius 3 is 2.62 bits per heavy atom. The molecular formula is C11H10BrFO3. The Kier molecular flexibility index (Phi) is 2.75. The lowest BCUT2D eigenvalue weighted by molar-refractivity contribution is -0.148. The molecule has 1 aromatic carbocycles. The third kappa shape index (κ3) is 1.74. The number of carboxylic acids is 1. The van der Waals surface area contributed by atoms with Crippen LogP contribution in [-0.2, 0) is 10.2 Å². The molecule has 1 atom stereocenters. The Balaban J connectivity index is 2.44. The normalized spacial score (nSPS) is 19.2. The summed E-state index contributed by atoms with van der Waals surface area (Å²) in [6, 6.07) is 4.35. The van der Waals surface area contributed by atoms with Crippen LogP contribution in [0.25, 0.3) is 0 Å².